The highest BCUT2D eigenvalue weighted by atomic mass is 19.4. The number of rotatable bonds is 3. The molecule has 0 atom stereocenters. The van der Waals surface area contributed by atoms with Crippen LogP contribution >= 0.6 is 0 Å². The van der Waals surface area contributed by atoms with E-state index in [9.17, 15) is 31.1 Å². The minimum absolute atomic E-state index is 0.0911. The number of halogens is 6. The summed E-state index contributed by atoms with van der Waals surface area (Å²) in [6, 6.07) is 0.0911. The number of carboxylic acids is 1. The number of hydrogen-bond acceptors (Lipinski definition) is 4. The van der Waals surface area contributed by atoms with Crippen LogP contribution in [0.1, 0.15) is 21.7 Å². The van der Waals surface area contributed by atoms with Gasteiger partial charge in [0.2, 0.25) is 0 Å². The molecular weight excluding hydrogens is 298 g/mol. The number of carboxylic acid groups (broad SMARTS) is 1. The highest BCUT2D eigenvalue weighted by molar-refractivity contribution is 5.89. The van der Waals surface area contributed by atoms with Gasteiger partial charge in [0.25, 0.3) is 0 Å². The van der Waals surface area contributed by atoms with Crippen LogP contribution < -0.4 is 10.5 Å². The monoisotopic (exact) mass is 304 g/mol. The van der Waals surface area contributed by atoms with Gasteiger partial charge in [0.15, 0.2) is 11.4 Å². The molecule has 0 radical (unpaired) electrons. The molecule has 5 nitrogen and oxygen atoms in total. The number of nitrogens with zero attached hydrogens (tertiary/aromatic N) is 1. The van der Waals surface area contributed by atoms with Crippen molar-refractivity contribution in [2.45, 2.75) is 19.1 Å². The van der Waals surface area contributed by atoms with Gasteiger partial charge in [0, 0.05) is 6.54 Å². The molecule has 0 unspecified atom stereocenters. The molecule has 0 fully saturated rings. The first-order valence-corrected chi connectivity index (χ1v) is 4.76. The first-order chi connectivity index (χ1) is 8.95. The molecule has 0 spiro atoms. The van der Waals surface area contributed by atoms with Crippen LogP contribution in [0.15, 0.2) is 6.07 Å². The Labute approximate surface area is 107 Å². The summed E-state index contributed by atoms with van der Waals surface area (Å²) in [6.07, 6.45) is -10.4. The van der Waals surface area contributed by atoms with Crippen molar-refractivity contribution in [1.82, 2.24) is 4.98 Å². The zero-order valence-corrected chi connectivity index (χ0v) is 9.34. The summed E-state index contributed by atoms with van der Waals surface area (Å²) >= 11 is 0. The Balaban J connectivity index is 3.49. The summed E-state index contributed by atoms with van der Waals surface area (Å²) in [5.41, 5.74) is 0.811. The smallest absolute Gasteiger partial charge is 0.478 e. The maximum atomic E-state index is 12.6. The molecule has 1 aromatic heterocycles. The lowest BCUT2D eigenvalue weighted by Crippen LogP contribution is -2.22. The molecule has 0 aromatic carbocycles. The van der Waals surface area contributed by atoms with Gasteiger partial charge in [-0.1, -0.05) is 0 Å². The molecule has 1 aromatic rings. The fourth-order valence-corrected chi connectivity index (χ4v) is 1.27. The second-order valence-corrected chi connectivity index (χ2v) is 3.38. The molecule has 0 saturated carbocycles. The zero-order chi connectivity index (χ0) is 15.7. The van der Waals surface area contributed by atoms with E-state index in [0.717, 1.165) is 0 Å². The largest absolute Gasteiger partial charge is 0.573 e. The predicted octanol–water partition coefficient (Wildman–Crippen LogP) is 2.16. The van der Waals surface area contributed by atoms with Crippen LogP contribution in [0.3, 0.4) is 0 Å². The first-order valence-electron chi connectivity index (χ1n) is 4.76. The topological polar surface area (TPSA) is 85.4 Å². The van der Waals surface area contributed by atoms with Crippen LogP contribution in [0.4, 0.5) is 26.3 Å². The Morgan fingerprint density at radius 2 is 1.85 bits per heavy atom. The Hall–Kier alpha value is -2.04. The van der Waals surface area contributed by atoms with E-state index in [1.807, 2.05) is 0 Å². The van der Waals surface area contributed by atoms with Gasteiger partial charge < -0.3 is 15.6 Å². The zero-order valence-electron chi connectivity index (χ0n) is 9.34. The van der Waals surface area contributed by atoms with E-state index in [4.69, 9.17) is 10.8 Å². The maximum absolute atomic E-state index is 12.6. The van der Waals surface area contributed by atoms with E-state index < -0.39 is 47.8 Å². The predicted molar refractivity (Wildman–Crippen MR) is 50.8 cm³/mol. The third-order valence-electron chi connectivity index (χ3n) is 1.98. The number of aromatic nitrogens is 1. The van der Waals surface area contributed by atoms with Crippen LogP contribution in [0.2, 0.25) is 0 Å². The third-order valence-corrected chi connectivity index (χ3v) is 1.98. The second kappa shape index (κ2) is 5.15. The summed E-state index contributed by atoms with van der Waals surface area (Å²) in [7, 11) is 0. The van der Waals surface area contributed by atoms with Crippen LogP contribution in [0, 0.1) is 0 Å². The molecule has 11 heteroatoms. The fourth-order valence-electron chi connectivity index (χ4n) is 1.27. The quantitative estimate of drug-likeness (QED) is 0.836. The van der Waals surface area contributed by atoms with E-state index in [1.165, 1.54) is 0 Å². The van der Waals surface area contributed by atoms with Gasteiger partial charge in [0.1, 0.15) is 0 Å². The highest BCUT2D eigenvalue weighted by Crippen LogP contribution is 2.35. The molecule has 0 aliphatic heterocycles. The summed E-state index contributed by atoms with van der Waals surface area (Å²) in [5, 5.41) is 8.61. The average Bonchev–Trinajstić information content (AvgIpc) is 2.24. The van der Waals surface area contributed by atoms with Crippen molar-refractivity contribution >= 4 is 5.97 Å². The lowest BCUT2D eigenvalue weighted by Gasteiger charge is -2.16. The van der Waals surface area contributed by atoms with Crippen molar-refractivity contribution < 1.29 is 41.0 Å². The maximum Gasteiger partial charge on any atom is 0.573 e. The van der Waals surface area contributed by atoms with E-state index in [2.05, 4.69) is 9.72 Å². The molecule has 3 N–H and O–H groups in total. The molecule has 1 heterocycles. The van der Waals surface area contributed by atoms with Gasteiger partial charge in [-0.2, -0.15) is 13.2 Å². The van der Waals surface area contributed by atoms with E-state index >= 15 is 0 Å². The van der Waals surface area contributed by atoms with Crippen molar-refractivity contribution in [2.24, 2.45) is 5.73 Å². The number of alkyl halides is 6. The van der Waals surface area contributed by atoms with Crippen molar-refractivity contribution in [2.75, 3.05) is 0 Å². The molecule has 0 aliphatic carbocycles. The Morgan fingerprint density at radius 1 is 1.30 bits per heavy atom. The van der Waals surface area contributed by atoms with Crippen molar-refractivity contribution in [3.63, 3.8) is 0 Å². The number of ether oxygens (including phenoxy) is 1. The molecule has 0 bridgehead atoms. The van der Waals surface area contributed by atoms with Crippen LogP contribution in [-0.2, 0) is 12.7 Å². The lowest BCUT2D eigenvalue weighted by atomic mass is 10.1. The highest BCUT2D eigenvalue weighted by Gasteiger charge is 2.40. The summed E-state index contributed by atoms with van der Waals surface area (Å²) in [5.74, 6) is -3.29. The van der Waals surface area contributed by atoms with Crippen LogP contribution in [-0.4, -0.2) is 22.4 Å². The van der Waals surface area contributed by atoms with Crippen molar-refractivity contribution in [3.05, 3.63) is 23.0 Å². The van der Waals surface area contributed by atoms with E-state index in [0.29, 0.717) is 0 Å². The summed E-state index contributed by atoms with van der Waals surface area (Å²) in [6.45, 7) is -0.797. The normalized spacial score (nSPS) is 12.3. The standard InChI is InChI=1S/C9H6F6N2O3/c10-8(11,12)6-3(7(18)19)1-5(4(2-16)17-6)20-9(13,14)15/h1H,2,16H2,(H,18,19). The Bertz CT molecular complexity index is 526. The molecule has 0 saturated heterocycles. The summed E-state index contributed by atoms with van der Waals surface area (Å²) in [4.78, 5) is 13.5. The van der Waals surface area contributed by atoms with Gasteiger partial charge >= 0.3 is 18.5 Å². The van der Waals surface area contributed by atoms with Gasteiger partial charge in [-0.3, -0.25) is 0 Å². The Kier molecular flexibility index (Phi) is 4.12. The number of hydrogen-bond donors (Lipinski definition) is 2. The van der Waals surface area contributed by atoms with Crippen molar-refractivity contribution in [1.29, 1.82) is 0 Å². The average molecular weight is 304 g/mol. The fraction of sp³-hybridized carbons (Fsp3) is 0.333. The number of aromatic carboxylic acids is 1. The number of nitrogens with two attached hydrogens (primary N) is 1. The van der Waals surface area contributed by atoms with Crippen molar-refractivity contribution in [3.8, 4) is 5.75 Å². The van der Waals surface area contributed by atoms with Crippen LogP contribution in [0.25, 0.3) is 0 Å². The van der Waals surface area contributed by atoms with Gasteiger partial charge in [0.05, 0.1) is 11.3 Å². The molecule has 0 amide bonds. The van der Waals surface area contributed by atoms with Gasteiger partial charge in [-0.05, 0) is 6.07 Å². The van der Waals surface area contributed by atoms with Gasteiger partial charge in [-0.25, -0.2) is 9.78 Å². The van der Waals surface area contributed by atoms with E-state index in [-0.39, 0.29) is 6.07 Å². The third kappa shape index (κ3) is 3.73. The Morgan fingerprint density at radius 3 is 2.20 bits per heavy atom. The first kappa shape index (κ1) is 16.0. The SMILES string of the molecule is NCc1nc(C(F)(F)F)c(C(=O)O)cc1OC(F)(F)F. The number of carbonyl (C=O) groups is 1. The van der Waals surface area contributed by atoms with Gasteiger partial charge in [-0.15, -0.1) is 13.2 Å². The minimum atomic E-state index is -5.22. The second-order valence-electron chi connectivity index (χ2n) is 3.38. The molecule has 20 heavy (non-hydrogen) atoms. The summed E-state index contributed by atoms with van der Waals surface area (Å²) < 4.78 is 77.3. The molecule has 0 aliphatic rings. The minimum Gasteiger partial charge on any atom is -0.478 e. The molecule has 112 valence electrons. The molecule has 1 rings (SSSR count). The van der Waals surface area contributed by atoms with Crippen LogP contribution in [0.5, 0.6) is 5.75 Å². The lowest BCUT2D eigenvalue weighted by molar-refractivity contribution is -0.275. The van der Waals surface area contributed by atoms with E-state index in [1.54, 1.807) is 0 Å². The molecular formula is C9H6F6N2O3. The number of pyridine rings is 1.